The van der Waals surface area contributed by atoms with E-state index < -0.39 is 0 Å². The standard InChI is InChI=1S/C9H14N4O/c1-12-9(14)13(2)11-8(10-12)7-5-3-4-6-7/h3-5,8,10-11H,6H2,1-2H3. The van der Waals surface area contributed by atoms with Crippen molar-refractivity contribution < 1.29 is 4.79 Å². The topological polar surface area (TPSA) is 47.6 Å². The lowest BCUT2D eigenvalue weighted by Crippen LogP contribution is -2.66. The van der Waals surface area contributed by atoms with Crippen molar-refractivity contribution in [1.82, 2.24) is 20.9 Å². The summed E-state index contributed by atoms with van der Waals surface area (Å²) in [6.45, 7) is 0. The zero-order valence-electron chi connectivity index (χ0n) is 8.32. The Hall–Kier alpha value is -1.33. The fourth-order valence-electron chi connectivity index (χ4n) is 1.60. The summed E-state index contributed by atoms with van der Waals surface area (Å²) in [4.78, 5) is 11.4. The fourth-order valence-corrected chi connectivity index (χ4v) is 1.60. The molecule has 0 aromatic heterocycles. The first-order chi connectivity index (χ1) is 6.68. The van der Waals surface area contributed by atoms with Crippen molar-refractivity contribution in [3.05, 3.63) is 23.8 Å². The van der Waals surface area contributed by atoms with E-state index in [2.05, 4.69) is 23.0 Å². The molecule has 1 aliphatic heterocycles. The summed E-state index contributed by atoms with van der Waals surface area (Å²) in [6, 6.07) is -0.0900. The molecule has 0 unspecified atom stereocenters. The molecule has 0 radical (unpaired) electrons. The Labute approximate surface area is 83.0 Å². The van der Waals surface area contributed by atoms with Crippen LogP contribution in [0, 0.1) is 0 Å². The number of carbonyl (C=O) groups excluding carboxylic acids is 1. The minimum absolute atomic E-state index is 0.0118. The van der Waals surface area contributed by atoms with E-state index in [4.69, 9.17) is 0 Å². The van der Waals surface area contributed by atoms with Crippen LogP contribution < -0.4 is 10.9 Å². The molecule has 0 bridgehead atoms. The van der Waals surface area contributed by atoms with Gasteiger partial charge in [0.15, 0.2) is 0 Å². The molecule has 2 rings (SSSR count). The van der Waals surface area contributed by atoms with Crippen LogP contribution in [0.25, 0.3) is 0 Å². The number of urea groups is 1. The molecule has 0 atom stereocenters. The van der Waals surface area contributed by atoms with Gasteiger partial charge in [0.1, 0.15) is 6.17 Å². The highest BCUT2D eigenvalue weighted by atomic mass is 16.2. The third kappa shape index (κ3) is 1.51. The zero-order valence-corrected chi connectivity index (χ0v) is 8.32. The molecule has 0 aromatic rings. The van der Waals surface area contributed by atoms with Gasteiger partial charge >= 0.3 is 6.03 Å². The van der Waals surface area contributed by atoms with Crippen molar-refractivity contribution >= 4 is 6.03 Å². The van der Waals surface area contributed by atoms with Crippen molar-refractivity contribution in [2.75, 3.05) is 14.1 Å². The molecule has 2 amide bonds. The van der Waals surface area contributed by atoms with E-state index in [0.717, 1.165) is 6.42 Å². The Morgan fingerprint density at radius 2 is 2.00 bits per heavy atom. The SMILES string of the molecule is CN1NC(C2=CC=CC2)NN(C)C1=O. The summed E-state index contributed by atoms with van der Waals surface area (Å²) >= 11 is 0. The van der Waals surface area contributed by atoms with Gasteiger partial charge in [-0.2, -0.15) is 0 Å². The highest BCUT2D eigenvalue weighted by Gasteiger charge is 2.28. The summed E-state index contributed by atoms with van der Waals surface area (Å²) in [5, 5.41) is 2.97. The number of nitrogens with one attached hydrogen (secondary N) is 2. The largest absolute Gasteiger partial charge is 0.348 e. The predicted octanol–water partition coefficient (Wildman–Crippen LogP) is 0.205. The van der Waals surface area contributed by atoms with E-state index in [9.17, 15) is 4.79 Å². The summed E-state index contributed by atoms with van der Waals surface area (Å²) < 4.78 is 0. The maximum atomic E-state index is 11.4. The summed E-state index contributed by atoms with van der Waals surface area (Å²) in [6.07, 6.45) is 7.12. The molecule has 0 aromatic carbocycles. The number of amides is 2. The second-order valence-corrected chi connectivity index (χ2v) is 3.47. The lowest BCUT2D eigenvalue weighted by Gasteiger charge is -2.38. The molecule has 2 aliphatic rings. The van der Waals surface area contributed by atoms with Crippen LogP contribution in [0.5, 0.6) is 0 Å². The molecule has 5 nitrogen and oxygen atoms in total. The van der Waals surface area contributed by atoms with Gasteiger partial charge in [0.25, 0.3) is 0 Å². The predicted molar refractivity (Wildman–Crippen MR) is 52.8 cm³/mol. The van der Waals surface area contributed by atoms with E-state index >= 15 is 0 Å². The monoisotopic (exact) mass is 194 g/mol. The summed E-state index contributed by atoms with van der Waals surface area (Å²) in [5.41, 5.74) is 7.35. The third-order valence-electron chi connectivity index (χ3n) is 2.39. The molecule has 1 aliphatic carbocycles. The first-order valence-corrected chi connectivity index (χ1v) is 4.58. The first-order valence-electron chi connectivity index (χ1n) is 4.58. The molecule has 76 valence electrons. The molecule has 2 N–H and O–H groups in total. The lowest BCUT2D eigenvalue weighted by molar-refractivity contribution is 0.0690. The number of nitrogens with zero attached hydrogens (tertiary/aromatic N) is 2. The number of hydrazine groups is 2. The van der Waals surface area contributed by atoms with Gasteiger partial charge in [-0.15, -0.1) is 0 Å². The average molecular weight is 194 g/mol. The maximum Gasteiger partial charge on any atom is 0.348 e. The number of hydrogen-bond acceptors (Lipinski definition) is 3. The van der Waals surface area contributed by atoms with Gasteiger partial charge in [-0.25, -0.2) is 15.6 Å². The summed E-state index contributed by atoms with van der Waals surface area (Å²) in [7, 11) is 3.44. The maximum absolute atomic E-state index is 11.4. The lowest BCUT2D eigenvalue weighted by atomic mass is 10.2. The Morgan fingerprint density at radius 3 is 2.50 bits per heavy atom. The van der Waals surface area contributed by atoms with Crippen LogP contribution in [0.15, 0.2) is 23.8 Å². The molecule has 14 heavy (non-hydrogen) atoms. The Morgan fingerprint density at radius 1 is 1.36 bits per heavy atom. The van der Waals surface area contributed by atoms with Crippen LogP contribution in [-0.4, -0.2) is 36.3 Å². The van der Waals surface area contributed by atoms with E-state index in [0.29, 0.717) is 0 Å². The van der Waals surface area contributed by atoms with Gasteiger partial charge in [0, 0.05) is 14.1 Å². The number of hydrogen-bond donors (Lipinski definition) is 2. The molecule has 1 heterocycles. The second kappa shape index (κ2) is 3.43. The first kappa shape index (κ1) is 9.23. The minimum Gasteiger partial charge on any atom is -0.260 e. The van der Waals surface area contributed by atoms with Crippen LogP contribution in [0.2, 0.25) is 0 Å². The van der Waals surface area contributed by atoms with Gasteiger partial charge in [-0.1, -0.05) is 18.2 Å². The highest BCUT2D eigenvalue weighted by Crippen LogP contribution is 2.15. The zero-order chi connectivity index (χ0) is 10.1. The quantitative estimate of drug-likeness (QED) is 0.627. The fraction of sp³-hybridized carbons (Fsp3) is 0.444. The van der Waals surface area contributed by atoms with E-state index in [-0.39, 0.29) is 12.2 Å². The number of allylic oxidation sites excluding steroid dienone is 3. The minimum atomic E-state index is -0.0900. The average Bonchev–Trinajstić information content (AvgIpc) is 2.66. The van der Waals surface area contributed by atoms with Crippen molar-refractivity contribution in [3.63, 3.8) is 0 Å². The number of carbonyl (C=O) groups is 1. The normalized spacial score (nSPS) is 23.3. The van der Waals surface area contributed by atoms with Crippen molar-refractivity contribution in [2.24, 2.45) is 0 Å². The van der Waals surface area contributed by atoms with Crippen LogP contribution in [-0.2, 0) is 0 Å². The molecule has 0 saturated carbocycles. The van der Waals surface area contributed by atoms with E-state index in [1.165, 1.54) is 15.6 Å². The van der Waals surface area contributed by atoms with Crippen LogP contribution >= 0.6 is 0 Å². The molecular formula is C9H14N4O. The van der Waals surface area contributed by atoms with Gasteiger partial charge in [-0.05, 0) is 12.0 Å². The van der Waals surface area contributed by atoms with Crippen LogP contribution in [0.3, 0.4) is 0 Å². The smallest absolute Gasteiger partial charge is 0.260 e. The van der Waals surface area contributed by atoms with Gasteiger partial charge in [0.2, 0.25) is 0 Å². The summed E-state index contributed by atoms with van der Waals surface area (Å²) in [5.74, 6) is 0. The van der Waals surface area contributed by atoms with Crippen LogP contribution in [0.1, 0.15) is 6.42 Å². The van der Waals surface area contributed by atoms with Crippen molar-refractivity contribution in [2.45, 2.75) is 12.6 Å². The number of rotatable bonds is 1. The molecule has 1 saturated heterocycles. The molecule has 0 spiro atoms. The van der Waals surface area contributed by atoms with E-state index in [1.807, 2.05) is 6.08 Å². The van der Waals surface area contributed by atoms with Crippen molar-refractivity contribution in [1.29, 1.82) is 0 Å². The molecule has 5 heteroatoms. The Kier molecular flexibility index (Phi) is 2.26. The van der Waals surface area contributed by atoms with Crippen LogP contribution in [0.4, 0.5) is 4.79 Å². The second-order valence-electron chi connectivity index (χ2n) is 3.47. The van der Waals surface area contributed by atoms with E-state index in [1.54, 1.807) is 14.1 Å². The molecule has 1 fully saturated rings. The Balaban J connectivity index is 2.05. The highest BCUT2D eigenvalue weighted by molar-refractivity contribution is 5.73. The molecular weight excluding hydrogens is 180 g/mol. The van der Waals surface area contributed by atoms with Crippen molar-refractivity contribution in [3.8, 4) is 0 Å². The van der Waals surface area contributed by atoms with Gasteiger partial charge in [0.05, 0.1) is 0 Å². The van der Waals surface area contributed by atoms with Gasteiger partial charge < -0.3 is 0 Å². The Bertz CT molecular complexity index is 296. The third-order valence-corrected chi connectivity index (χ3v) is 2.39. The van der Waals surface area contributed by atoms with Gasteiger partial charge in [-0.3, -0.25) is 10.0 Å².